The lowest BCUT2D eigenvalue weighted by Crippen LogP contribution is -2.38. The van der Waals surface area contributed by atoms with Gasteiger partial charge in [0.1, 0.15) is 0 Å². The Kier molecular flexibility index (Phi) is 3.03. The van der Waals surface area contributed by atoms with E-state index >= 15 is 0 Å². The molecular formula is C11H9ClF3NO. The van der Waals surface area contributed by atoms with E-state index in [-0.39, 0.29) is 5.92 Å². The van der Waals surface area contributed by atoms with Crippen LogP contribution in [-0.2, 0) is 4.79 Å². The zero-order valence-electron chi connectivity index (χ0n) is 8.59. The van der Waals surface area contributed by atoms with Crippen LogP contribution in [0.4, 0.5) is 13.2 Å². The van der Waals surface area contributed by atoms with Crippen molar-refractivity contribution in [1.82, 2.24) is 5.32 Å². The summed E-state index contributed by atoms with van der Waals surface area (Å²) in [4.78, 5) is 10.7. The highest BCUT2D eigenvalue weighted by Gasteiger charge is 2.46. The van der Waals surface area contributed by atoms with Gasteiger partial charge in [0, 0.05) is 17.0 Å². The Balaban J connectivity index is 1.98. The topological polar surface area (TPSA) is 29.1 Å². The third-order valence-corrected chi connectivity index (χ3v) is 3.01. The second-order valence-electron chi connectivity index (χ2n) is 3.94. The molecule has 1 fully saturated rings. The number of rotatable bonds is 2. The average Bonchev–Trinajstić information content (AvgIpc) is 2.96. The van der Waals surface area contributed by atoms with E-state index in [0.29, 0.717) is 11.4 Å². The summed E-state index contributed by atoms with van der Waals surface area (Å²) in [5.74, 6) is -2.01. The van der Waals surface area contributed by atoms with E-state index in [2.05, 4.69) is 0 Å². The van der Waals surface area contributed by atoms with Gasteiger partial charge in [-0.2, -0.15) is 13.2 Å². The van der Waals surface area contributed by atoms with Gasteiger partial charge in [0.05, 0.1) is 0 Å². The van der Waals surface area contributed by atoms with Crippen molar-refractivity contribution in [2.24, 2.45) is 0 Å². The lowest BCUT2D eigenvalue weighted by atomic mass is 10.1. The molecule has 1 aromatic carbocycles. The van der Waals surface area contributed by atoms with Crippen molar-refractivity contribution in [3.8, 4) is 0 Å². The van der Waals surface area contributed by atoms with Crippen LogP contribution in [0.2, 0.25) is 5.02 Å². The van der Waals surface area contributed by atoms with Gasteiger partial charge in [0.15, 0.2) is 0 Å². The predicted molar refractivity (Wildman–Crippen MR) is 56.8 cm³/mol. The highest BCUT2D eigenvalue weighted by Crippen LogP contribution is 2.43. The number of halogens is 4. The second kappa shape index (κ2) is 4.22. The minimum atomic E-state index is -4.83. The van der Waals surface area contributed by atoms with Crippen molar-refractivity contribution in [3.63, 3.8) is 0 Å². The number of benzene rings is 1. The molecule has 0 aromatic heterocycles. The minimum absolute atomic E-state index is 0.116. The van der Waals surface area contributed by atoms with E-state index in [1.54, 1.807) is 24.3 Å². The van der Waals surface area contributed by atoms with E-state index < -0.39 is 18.1 Å². The predicted octanol–water partition coefficient (Wildman–Crippen LogP) is 2.87. The van der Waals surface area contributed by atoms with Gasteiger partial charge in [-0.1, -0.05) is 29.8 Å². The SMILES string of the molecule is O=C(N[C@@H]1C[C@H]1c1ccccc1Cl)C(F)(F)F. The summed E-state index contributed by atoms with van der Waals surface area (Å²) in [6, 6.07) is 6.48. The third-order valence-electron chi connectivity index (χ3n) is 2.67. The third kappa shape index (κ3) is 2.72. The summed E-state index contributed by atoms with van der Waals surface area (Å²) in [7, 11) is 0. The first-order valence-corrected chi connectivity index (χ1v) is 5.39. The summed E-state index contributed by atoms with van der Waals surface area (Å²) in [5, 5.41) is 2.46. The van der Waals surface area contributed by atoms with Gasteiger partial charge >= 0.3 is 12.1 Å². The Bertz CT molecular complexity index is 447. The monoisotopic (exact) mass is 263 g/mol. The van der Waals surface area contributed by atoms with Gasteiger partial charge < -0.3 is 5.32 Å². The van der Waals surface area contributed by atoms with Crippen LogP contribution in [0.15, 0.2) is 24.3 Å². The maximum absolute atomic E-state index is 12.0. The molecule has 2 atom stereocenters. The van der Waals surface area contributed by atoms with Crippen LogP contribution in [0.25, 0.3) is 0 Å². The first-order valence-electron chi connectivity index (χ1n) is 5.01. The molecule has 6 heteroatoms. The van der Waals surface area contributed by atoms with Gasteiger partial charge in [0.25, 0.3) is 0 Å². The standard InChI is InChI=1S/C11H9ClF3NO/c12-8-4-2-1-3-6(8)7-5-9(7)16-10(17)11(13,14)15/h1-4,7,9H,5H2,(H,16,17)/t7-,9+/m0/s1. The van der Waals surface area contributed by atoms with Crippen molar-refractivity contribution in [3.05, 3.63) is 34.9 Å². The quantitative estimate of drug-likeness (QED) is 0.873. The van der Waals surface area contributed by atoms with E-state index in [9.17, 15) is 18.0 Å². The average molecular weight is 264 g/mol. The summed E-state index contributed by atoms with van der Waals surface area (Å²) in [6.45, 7) is 0. The number of hydrogen-bond acceptors (Lipinski definition) is 1. The van der Waals surface area contributed by atoms with Crippen LogP contribution in [-0.4, -0.2) is 18.1 Å². The first-order chi connectivity index (χ1) is 7.89. The highest BCUT2D eigenvalue weighted by atomic mass is 35.5. The van der Waals surface area contributed by atoms with Crippen molar-refractivity contribution < 1.29 is 18.0 Å². The second-order valence-corrected chi connectivity index (χ2v) is 4.35. The van der Waals surface area contributed by atoms with Gasteiger partial charge in [-0.25, -0.2) is 0 Å². The summed E-state index contributed by atoms with van der Waals surface area (Å²) in [6.07, 6.45) is -4.33. The van der Waals surface area contributed by atoms with Gasteiger partial charge in [-0.3, -0.25) is 4.79 Å². The number of carbonyl (C=O) groups is 1. The molecule has 2 rings (SSSR count). The summed E-state index contributed by atoms with van der Waals surface area (Å²) in [5.41, 5.74) is 0.779. The van der Waals surface area contributed by atoms with Crippen LogP contribution in [0, 0.1) is 0 Å². The Morgan fingerprint density at radius 3 is 2.59 bits per heavy atom. The van der Waals surface area contributed by atoms with Crippen molar-refractivity contribution in [1.29, 1.82) is 0 Å². The Morgan fingerprint density at radius 2 is 2.00 bits per heavy atom. The summed E-state index contributed by atoms with van der Waals surface area (Å²) >= 11 is 5.92. The maximum atomic E-state index is 12.0. The van der Waals surface area contributed by atoms with Gasteiger partial charge in [0.2, 0.25) is 0 Å². The van der Waals surface area contributed by atoms with Crippen LogP contribution >= 0.6 is 11.6 Å². The lowest BCUT2D eigenvalue weighted by Gasteiger charge is -2.08. The van der Waals surface area contributed by atoms with Gasteiger partial charge in [-0.05, 0) is 18.1 Å². The fourth-order valence-corrected chi connectivity index (χ4v) is 2.00. The Labute approximate surface area is 101 Å². The maximum Gasteiger partial charge on any atom is 0.471 e. The molecule has 92 valence electrons. The molecule has 0 heterocycles. The molecule has 1 aliphatic rings. The summed E-state index contributed by atoms with van der Waals surface area (Å²) < 4.78 is 36.0. The molecule has 0 aliphatic heterocycles. The molecular weight excluding hydrogens is 255 g/mol. The van der Waals surface area contributed by atoms with Crippen LogP contribution in [0.3, 0.4) is 0 Å². The molecule has 1 amide bonds. The first kappa shape index (κ1) is 12.2. The largest absolute Gasteiger partial charge is 0.471 e. The van der Waals surface area contributed by atoms with E-state index in [0.717, 1.165) is 5.56 Å². The molecule has 2 nitrogen and oxygen atoms in total. The van der Waals surface area contributed by atoms with Crippen LogP contribution in [0.5, 0.6) is 0 Å². The number of carbonyl (C=O) groups excluding carboxylic acids is 1. The number of amides is 1. The molecule has 0 spiro atoms. The molecule has 1 saturated carbocycles. The molecule has 1 aliphatic carbocycles. The zero-order valence-corrected chi connectivity index (χ0v) is 9.35. The van der Waals surface area contributed by atoms with E-state index in [1.165, 1.54) is 0 Å². The van der Waals surface area contributed by atoms with E-state index in [4.69, 9.17) is 11.6 Å². The Hall–Kier alpha value is -1.23. The minimum Gasteiger partial charge on any atom is -0.345 e. The normalized spacial score (nSPS) is 23.3. The number of hydrogen-bond donors (Lipinski definition) is 1. The Morgan fingerprint density at radius 1 is 1.35 bits per heavy atom. The molecule has 1 N–H and O–H groups in total. The van der Waals surface area contributed by atoms with Gasteiger partial charge in [-0.15, -0.1) is 0 Å². The van der Waals surface area contributed by atoms with Crippen molar-refractivity contribution in [2.75, 3.05) is 0 Å². The number of alkyl halides is 3. The molecule has 0 radical (unpaired) electrons. The van der Waals surface area contributed by atoms with Crippen molar-refractivity contribution >= 4 is 17.5 Å². The van der Waals surface area contributed by atoms with Crippen LogP contribution < -0.4 is 5.32 Å². The van der Waals surface area contributed by atoms with E-state index in [1.807, 2.05) is 5.32 Å². The molecule has 0 bridgehead atoms. The lowest BCUT2D eigenvalue weighted by molar-refractivity contribution is -0.173. The highest BCUT2D eigenvalue weighted by molar-refractivity contribution is 6.31. The van der Waals surface area contributed by atoms with Crippen molar-refractivity contribution in [2.45, 2.75) is 24.6 Å². The molecule has 1 aromatic rings. The number of nitrogens with one attached hydrogen (secondary N) is 1. The molecule has 0 unspecified atom stereocenters. The molecule has 0 saturated heterocycles. The zero-order chi connectivity index (χ0) is 12.6. The fourth-order valence-electron chi connectivity index (χ4n) is 1.72. The fraction of sp³-hybridized carbons (Fsp3) is 0.364. The van der Waals surface area contributed by atoms with Crippen LogP contribution in [0.1, 0.15) is 17.9 Å². The smallest absolute Gasteiger partial charge is 0.345 e. The molecule has 17 heavy (non-hydrogen) atoms.